The molecule has 0 aromatic carbocycles. The summed E-state index contributed by atoms with van der Waals surface area (Å²) in [4.78, 5) is 16.5. The molecule has 2 rings (SSSR count). The van der Waals surface area contributed by atoms with Crippen molar-refractivity contribution in [3.05, 3.63) is 11.8 Å². The zero-order valence-electron chi connectivity index (χ0n) is 14.7. The molecule has 1 saturated heterocycles. The lowest BCUT2D eigenvalue weighted by molar-refractivity contribution is -0.120. The number of allylic oxidation sites excluding steroid dienone is 2. The molecule has 0 saturated carbocycles. The Balaban J connectivity index is 1.69. The molecule has 1 fully saturated rings. The van der Waals surface area contributed by atoms with Crippen LogP contribution in [0.1, 0.15) is 33.6 Å². The third kappa shape index (κ3) is 5.77. The number of nitrogens with one attached hydrogen (secondary N) is 2. The van der Waals surface area contributed by atoms with Crippen LogP contribution in [0.4, 0.5) is 0 Å². The van der Waals surface area contributed by atoms with Gasteiger partial charge in [-0.15, -0.1) is 0 Å². The van der Waals surface area contributed by atoms with Crippen LogP contribution in [0.5, 0.6) is 0 Å². The second-order valence-corrected chi connectivity index (χ2v) is 7.53. The Labute approximate surface area is 145 Å². The minimum absolute atomic E-state index is 0.00867. The lowest BCUT2D eigenvalue weighted by Gasteiger charge is -2.36. The van der Waals surface area contributed by atoms with Gasteiger partial charge in [0.25, 0.3) is 0 Å². The number of hydrogen-bond acceptors (Lipinski definition) is 4. The minimum atomic E-state index is -0.00867. The van der Waals surface area contributed by atoms with Crippen molar-refractivity contribution in [1.82, 2.24) is 20.4 Å². The maximum Gasteiger partial charge on any atom is 0.169 e. The Kier molecular flexibility index (Phi) is 6.41. The monoisotopic (exact) mass is 338 g/mol. The molecule has 6 heteroatoms. The van der Waals surface area contributed by atoms with Gasteiger partial charge in [-0.2, -0.15) is 0 Å². The molecule has 0 aromatic rings. The quantitative estimate of drug-likeness (QED) is 0.738. The minimum Gasteiger partial charge on any atom is -0.387 e. The summed E-state index contributed by atoms with van der Waals surface area (Å²) in [5, 5.41) is 7.54. The number of piperazine rings is 1. The van der Waals surface area contributed by atoms with Gasteiger partial charge in [0.05, 0.1) is 0 Å². The number of Topliss-reactive ketones (excluding diaryl/α,β-unsaturated/α-hetero) is 1. The van der Waals surface area contributed by atoms with Gasteiger partial charge in [-0.3, -0.25) is 9.69 Å². The summed E-state index contributed by atoms with van der Waals surface area (Å²) in [5.41, 5.74) is 1.09. The molecule has 2 aliphatic rings. The summed E-state index contributed by atoms with van der Waals surface area (Å²) >= 11 is 5.36. The van der Waals surface area contributed by atoms with E-state index in [1.54, 1.807) is 0 Å². The van der Waals surface area contributed by atoms with E-state index in [0.717, 1.165) is 56.6 Å². The number of rotatable bonds is 5. The van der Waals surface area contributed by atoms with Crippen molar-refractivity contribution in [3.63, 3.8) is 0 Å². The van der Waals surface area contributed by atoms with Crippen LogP contribution < -0.4 is 10.6 Å². The van der Waals surface area contributed by atoms with Gasteiger partial charge in [0.1, 0.15) is 5.78 Å². The SMILES string of the molecule is CCNC(=S)N1CCN(CCNC2=CC(C)(C)CC(=O)C2)CC1. The fourth-order valence-electron chi connectivity index (χ4n) is 3.28. The molecule has 0 spiro atoms. The van der Waals surface area contributed by atoms with E-state index in [1.165, 1.54) is 0 Å². The number of thiocarbonyl (C=S) groups is 1. The molecule has 130 valence electrons. The van der Waals surface area contributed by atoms with Crippen LogP contribution in [0.2, 0.25) is 0 Å². The number of ketones is 1. The first kappa shape index (κ1) is 18.2. The van der Waals surface area contributed by atoms with Gasteiger partial charge in [-0.05, 0) is 24.6 Å². The van der Waals surface area contributed by atoms with Crippen LogP contribution in [-0.2, 0) is 4.79 Å². The third-order valence-corrected chi connectivity index (χ3v) is 4.78. The highest BCUT2D eigenvalue weighted by Gasteiger charge is 2.26. The summed E-state index contributed by atoms with van der Waals surface area (Å²) in [6.07, 6.45) is 3.45. The van der Waals surface area contributed by atoms with Crippen molar-refractivity contribution in [2.45, 2.75) is 33.6 Å². The molecule has 0 radical (unpaired) electrons. The van der Waals surface area contributed by atoms with Gasteiger partial charge in [0, 0.05) is 64.4 Å². The van der Waals surface area contributed by atoms with Gasteiger partial charge >= 0.3 is 0 Å². The van der Waals surface area contributed by atoms with E-state index >= 15 is 0 Å². The van der Waals surface area contributed by atoms with Gasteiger partial charge in [0.15, 0.2) is 5.11 Å². The Morgan fingerprint density at radius 1 is 1.30 bits per heavy atom. The molecule has 0 bridgehead atoms. The van der Waals surface area contributed by atoms with E-state index in [1.807, 2.05) is 0 Å². The zero-order valence-corrected chi connectivity index (χ0v) is 15.5. The lowest BCUT2D eigenvalue weighted by atomic mass is 9.81. The normalized spacial score (nSPS) is 21.8. The van der Waals surface area contributed by atoms with Crippen LogP contribution in [0.3, 0.4) is 0 Å². The van der Waals surface area contributed by atoms with E-state index in [0.29, 0.717) is 18.6 Å². The average Bonchev–Trinajstić information content (AvgIpc) is 2.46. The summed E-state index contributed by atoms with van der Waals surface area (Å²) in [6.45, 7) is 13.2. The van der Waals surface area contributed by atoms with E-state index in [4.69, 9.17) is 12.2 Å². The smallest absolute Gasteiger partial charge is 0.169 e. The Bertz CT molecular complexity index is 467. The fourth-order valence-corrected chi connectivity index (χ4v) is 3.61. The molecule has 0 atom stereocenters. The molecule has 0 aromatic heterocycles. The Morgan fingerprint density at radius 3 is 2.61 bits per heavy atom. The fraction of sp³-hybridized carbons (Fsp3) is 0.765. The Hall–Kier alpha value is -1.14. The zero-order chi connectivity index (χ0) is 16.9. The molecule has 5 nitrogen and oxygen atoms in total. The predicted molar refractivity (Wildman–Crippen MR) is 98.4 cm³/mol. The van der Waals surface area contributed by atoms with E-state index in [9.17, 15) is 4.79 Å². The lowest BCUT2D eigenvalue weighted by Crippen LogP contribution is -2.52. The molecule has 1 aliphatic carbocycles. The first-order valence-electron chi connectivity index (χ1n) is 8.62. The van der Waals surface area contributed by atoms with Crippen LogP contribution in [0, 0.1) is 5.41 Å². The number of carbonyl (C=O) groups excluding carboxylic acids is 1. The standard InChI is InChI=1S/C17H30N4OS/c1-4-18-16(23)21-9-7-20(8-10-21)6-5-19-14-11-15(22)13-17(2,3)12-14/h12,19H,4-11,13H2,1-3H3,(H,18,23). The second kappa shape index (κ2) is 8.11. The summed E-state index contributed by atoms with van der Waals surface area (Å²) in [6, 6.07) is 0. The van der Waals surface area contributed by atoms with Crippen molar-refractivity contribution >= 4 is 23.1 Å². The van der Waals surface area contributed by atoms with Crippen molar-refractivity contribution in [3.8, 4) is 0 Å². The largest absolute Gasteiger partial charge is 0.387 e. The second-order valence-electron chi connectivity index (χ2n) is 7.14. The van der Waals surface area contributed by atoms with Crippen molar-refractivity contribution < 1.29 is 4.79 Å². The first-order valence-corrected chi connectivity index (χ1v) is 9.03. The van der Waals surface area contributed by atoms with Crippen LogP contribution in [-0.4, -0.2) is 66.5 Å². The molecule has 2 N–H and O–H groups in total. The molecule has 1 heterocycles. The Morgan fingerprint density at radius 2 is 2.00 bits per heavy atom. The molecular formula is C17H30N4OS. The van der Waals surface area contributed by atoms with Crippen molar-refractivity contribution in [2.75, 3.05) is 45.8 Å². The maximum absolute atomic E-state index is 11.8. The first-order chi connectivity index (χ1) is 10.9. The van der Waals surface area contributed by atoms with Gasteiger partial charge < -0.3 is 15.5 Å². The number of nitrogens with zero attached hydrogens (tertiary/aromatic N) is 2. The van der Waals surface area contributed by atoms with Crippen molar-refractivity contribution in [2.24, 2.45) is 5.41 Å². The molecule has 1 aliphatic heterocycles. The maximum atomic E-state index is 11.8. The third-order valence-electron chi connectivity index (χ3n) is 4.37. The van der Waals surface area contributed by atoms with Crippen LogP contribution in [0.15, 0.2) is 11.8 Å². The van der Waals surface area contributed by atoms with Gasteiger partial charge in [-0.25, -0.2) is 0 Å². The topological polar surface area (TPSA) is 47.6 Å². The van der Waals surface area contributed by atoms with Crippen LogP contribution in [0.25, 0.3) is 0 Å². The van der Waals surface area contributed by atoms with E-state index in [2.05, 4.69) is 47.3 Å². The molecule has 0 unspecified atom stereocenters. The average molecular weight is 339 g/mol. The predicted octanol–water partition coefficient (Wildman–Crippen LogP) is 1.36. The van der Waals surface area contributed by atoms with E-state index in [-0.39, 0.29) is 5.41 Å². The summed E-state index contributed by atoms with van der Waals surface area (Å²) in [5.74, 6) is 0.338. The summed E-state index contributed by atoms with van der Waals surface area (Å²) in [7, 11) is 0. The molecule has 23 heavy (non-hydrogen) atoms. The number of hydrogen-bond donors (Lipinski definition) is 2. The van der Waals surface area contributed by atoms with Gasteiger partial charge in [-0.1, -0.05) is 19.9 Å². The highest BCUT2D eigenvalue weighted by Crippen LogP contribution is 2.29. The molecular weight excluding hydrogens is 308 g/mol. The highest BCUT2D eigenvalue weighted by atomic mass is 32.1. The van der Waals surface area contributed by atoms with Crippen LogP contribution >= 0.6 is 12.2 Å². The highest BCUT2D eigenvalue weighted by molar-refractivity contribution is 7.80. The summed E-state index contributed by atoms with van der Waals surface area (Å²) < 4.78 is 0. The van der Waals surface area contributed by atoms with Crippen molar-refractivity contribution in [1.29, 1.82) is 0 Å². The number of carbonyl (C=O) groups is 1. The molecule has 0 amide bonds. The van der Waals surface area contributed by atoms with Gasteiger partial charge in [0.2, 0.25) is 0 Å². The van der Waals surface area contributed by atoms with E-state index < -0.39 is 0 Å².